The largest absolute Gasteiger partial charge is 0.388 e. The fraction of sp³-hybridized carbons (Fsp3) is 0.190. The molecule has 3 nitrogen and oxygen atoms in total. The zero-order valence-electron chi connectivity index (χ0n) is 13.9. The fourth-order valence-corrected chi connectivity index (χ4v) is 3.38. The van der Waals surface area contributed by atoms with Gasteiger partial charge in [0.25, 0.3) is 0 Å². The molecule has 0 saturated carbocycles. The topological polar surface area (TPSA) is 49.3 Å². The van der Waals surface area contributed by atoms with Crippen molar-refractivity contribution in [3.63, 3.8) is 0 Å². The summed E-state index contributed by atoms with van der Waals surface area (Å²) in [6.07, 6.45) is 0.357. The second-order valence-electron chi connectivity index (χ2n) is 5.95. The van der Waals surface area contributed by atoms with Crippen molar-refractivity contribution in [2.45, 2.75) is 18.9 Å². The van der Waals surface area contributed by atoms with E-state index in [-0.39, 0.29) is 5.91 Å². The summed E-state index contributed by atoms with van der Waals surface area (Å²) in [6, 6.07) is 20.1. The van der Waals surface area contributed by atoms with Gasteiger partial charge in [-0.25, -0.2) is 0 Å². The number of benzene rings is 2. The molecule has 1 heterocycles. The van der Waals surface area contributed by atoms with Gasteiger partial charge in [-0.3, -0.25) is 4.79 Å². The molecule has 1 unspecified atom stereocenters. The third kappa shape index (κ3) is 5.02. The van der Waals surface area contributed by atoms with Gasteiger partial charge in [-0.05, 0) is 45.5 Å². The second kappa shape index (κ2) is 8.60. The van der Waals surface area contributed by atoms with Gasteiger partial charge in [0.15, 0.2) is 0 Å². The molecule has 3 aromatic rings. The van der Waals surface area contributed by atoms with Gasteiger partial charge in [0, 0.05) is 6.54 Å². The summed E-state index contributed by atoms with van der Waals surface area (Å²) in [5, 5.41) is 16.8. The van der Waals surface area contributed by atoms with Crippen LogP contribution in [0.4, 0.5) is 0 Å². The van der Waals surface area contributed by atoms with Gasteiger partial charge in [-0.2, -0.15) is 11.3 Å². The van der Waals surface area contributed by atoms with E-state index < -0.39 is 6.10 Å². The van der Waals surface area contributed by atoms with Crippen LogP contribution in [0.2, 0.25) is 0 Å². The molecule has 0 aliphatic heterocycles. The van der Waals surface area contributed by atoms with Crippen LogP contribution in [0.1, 0.15) is 23.7 Å². The maximum absolute atomic E-state index is 12.0. The van der Waals surface area contributed by atoms with E-state index in [1.807, 2.05) is 59.3 Å². The Balaban J connectivity index is 1.46. The summed E-state index contributed by atoms with van der Waals surface area (Å²) in [4.78, 5) is 12.0. The molecule has 1 amide bonds. The van der Waals surface area contributed by atoms with E-state index in [4.69, 9.17) is 0 Å². The lowest BCUT2D eigenvalue weighted by molar-refractivity contribution is -0.120. The summed E-state index contributed by atoms with van der Waals surface area (Å²) in [7, 11) is 0. The number of rotatable bonds is 7. The minimum absolute atomic E-state index is 0.0232. The molecule has 0 aliphatic rings. The molecular weight excluding hydrogens is 330 g/mol. The van der Waals surface area contributed by atoms with Crippen LogP contribution in [0.5, 0.6) is 0 Å². The summed E-state index contributed by atoms with van der Waals surface area (Å²) < 4.78 is 0. The van der Waals surface area contributed by atoms with Gasteiger partial charge >= 0.3 is 0 Å². The SMILES string of the molecule is O=C(Cc1ccc(-c2ccccc2)cc1)NCCC(O)c1ccsc1. The molecule has 0 spiro atoms. The van der Waals surface area contributed by atoms with Gasteiger partial charge in [0.1, 0.15) is 0 Å². The Morgan fingerprint density at radius 1 is 1.00 bits per heavy atom. The highest BCUT2D eigenvalue weighted by molar-refractivity contribution is 7.07. The van der Waals surface area contributed by atoms with E-state index in [0.29, 0.717) is 19.4 Å². The molecule has 128 valence electrons. The summed E-state index contributed by atoms with van der Waals surface area (Å²) in [6.45, 7) is 0.470. The van der Waals surface area contributed by atoms with E-state index in [1.54, 1.807) is 11.3 Å². The predicted molar refractivity (Wildman–Crippen MR) is 102 cm³/mol. The molecule has 2 N–H and O–H groups in total. The van der Waals surface area contributed by atoms with Crippen LogP contribution >= 0.6 is 11.3 Å². The standard InChI is InChI=1S/C21H21NO2S/c23-20(19-11-13-25-15-19)10-12-22-21(24)14-16-6-8-18(9-7-16)17-4-2-1-3-5-17/h1-9,11,13,15,20,23H,10,12,14H2,(H,22,24). The Morgan fingerprint density at radius 3 is 2.40 bits per heavy atom. The number of carbonyl (C=O) groups excluding carboxylic acids is 1. The van der Waals surface area contributed by atoms with Crippen molar-refractivity contribution >= 4 is 17.2 Å². The van der Waals surface area contributed by atoms with Gasteiger partial charge in [-0.15, -0.1) is 0 Å². The van der Waals surface area contributed by atoms with Crippen LogP contribution < -0.4 is 5.32 Å². The van der Waals surface area contributed by atoms with Gasteiger partial charge in [0.05, 0.1) is 12.5 Å². The van der Waals surface area contributed by atoms with E-state index in [0.717, 1.165) is 16.7 Å². The molecule has 0 aliphatic carbocycles. The number of hydrogen-bond donors (Lipinski definition) is 2. The summed E-state index contributed by atoms with van der Waals surface area (Å²) in [5.74, 6) is -0.0232. The van der Waals surface area contributed by atoms with Crippen molar-refractivity contribution in [2.24, 2.45) is 0 Å². The molecule has 1 atom stereocenters. The lowest BCUT2D eigenvalue weighted by Gasteiger charge is -2.10. The van der Waals surface area contributed by atoms with Crippen LogP contribution in [-0.2, 0) is 11.2 Å². The van der Waals surface area contributed by atoms with Crippen LogP contribution in [0.3, 0.4) is 0 Å². The molecule has 0 fully saturated rings. The first-order chi connectivity index (χ1) is 12.2. The zero-order chi connectivity index (χ0) is 17.5. The maximum atomic E-state index is 12.0. The predicted octanol–water partition coefficient (Wildman–Crippen LogP) is 4.20. The van der Waals surface area contributed by atoms with Crippen LogP contribution in [0.15, 0.2) is 71.4 Å². The van der Waals surface area contributed by atoms with E-state index in [1.165, 1.54) is 5.56 Å². The van der Waals surface area contributed by atoms with Crippen molar-refractivity contribution < 1.29 is 9.90 Å². The van der Waals surface area contributed by atoms with Gasteiger partial charge < -0.3 is 10.4 Å². The summed E-state index contributed by atoms with van der Waals surface area (Å²) in [5.41, 5.74) is 4.20. The van der Waals surface area contributed by atoms with E-state index in [9.17, 15) is 9.90 Å². The molecule has 0 radical (unpaired) electrons. The van der Waals surface area contributed by atoms with Crippen molar-refractivity contribution in [3.05, 3.63) is 82.6 Å². The third-order valence-electron chi connectivity index (χ3n) is 4.09. The number of nitrogens with one attached hydrogen (secondary N) is 1. The van der Waals surface area contributed by atoms with Crippen molar-refractivity contribution in [3.8, 4) is 11.1 Å². The normalized spacial score (nSPS) is 11.9. The highest BCUT2D eigenvalue weighted by Crippen LogP contribution is 2.20. The molecule has 2 aromatic carbocycles. The lowest BCUT2D eigenvalue weighted by atomic mass is 10.0. The molecule has 3 rings (SSSR count). The second-order valence-corrected chi connectivity index (χ2v) is 6.73. The molecule has 4 heteroatoms. The molecule has 25 heavy (non-hydrogen) atoms. The Labute approximate surface area is 152 Å². The highest BCUT2D eigenvalue weighted by atomic mass is 32.1. The van der Waals surface area contributed by atoms with Crippen LogP contribution in [0.25, 0.3) is 11.1 Å². The summed E-state index contributed by atoms with van der Waals surface area (Å²) >= 11 is 1.56. The van der Waals surface area contributed by atoms with Crippen molar-refractivity contribution in [1.29, 1.82) is 0 Å². The van der Waals surface area contributed by atoms with E-state index >= 15 is 0 Å². The van der Waals surface area contributed by atoms with E-state index in [2.05, 4.69) is 17.4 Å². The first-order valence-electron chi connectivity index (χ1n) is 8.33. The van der Waals surface area contributed by atoms with Crippen LogP contribution in [-0.4, -0.2) is 17.6 Å². The number of hydrogen-bond acceptors (Lipinski definition) is 3. The Hall–Kier alpha value is -2.43. The smallest absolute Gasteiger partial charge is 0.224 e. The third-order valence-corrected chi connectivity index (χ3v) is 4.80. The first-order valence-corrected chi connectivity index (χ1v) is 9.28. The molecule has 0 saturated heterocycles. The number of aliphatic hydroxyl groups is 1. The number of thiophene rings is 1. The molecule has 1 aromatic heterocycles. The van der Waals surface area contributed by atoms with Gasteiger partial charge in [-0.1, -0.05) is 54.6 Å². The number of carbonyl (C=O) groups is 1. The average molecular weight is 351 g/mol. The Kier molecular flexibility index (Phi) is 5.99. The van der Waals surface area contributed by atoms with Gasteiger partial charge in [0.2, 0.25) is 5.91 Å². The lowest BCUT2D eigenvalue weighted by Crippen LogP contribution is -2.27. The minimum Gasteiger partial charge on any atom is -0.388 e. The highest BCUT2D eigenvalue weighted by Gasteiger charge is 2.09. The molecule has 0 bridgehead atoms. The molecular formula is C21H21NO2S. The zero-order valence-corrected chi connectivity index (χ0v) is 14.7. The number of amides is 1. The first kappa shape index (κ1) is 17.4. The van der Waals surface area contributed by atoms with Crippen molar-refractivity contribution in [1.82, 2.24) is 5.32 Å². The number of aliphatic hydroxyl groups excluding tert-OH is 1. The quantitative estimate of drug-likeness (QED) is 0.670. The fourth-order valence-electron chi connectivity index (χ4n) is 2.67. The Bertz CT molecular complexity index is 783. The van der Waals surface area contributed by atoms with Crippen molar-refractivity contribution in [2.75, 3.05) is 6.54 Å². The average Bonchev–Trinajstić information content (AvgIpc) is 3.18. The monoisotopic (exact) mass is 351 g/mol. The Morgan fingerprint density at radius 2 is 1.72 bits per heavy atom. The minimum atomic E-state index is -0.517. The maximum Gasteiger partial charge on any atom is 0.224 e. The van der Waals surface area contributed by atoms with Crippen LogP contribution in [0, 0.1) is 0 Å².